The zero-order valence-corrected chi connectivity index (χ0v) is 15.7. The molecule has 0 spiro atoms. The van der Waals surface area contributed by atoms with Crippen molar-refractivity contribution in [2.24, 2.45) is 0 Å². The van der Waals surface area contributed by atoms with E-state index in [4.69, 9.17) is 0 Å². The Morgan fingerprint density at radius 2 is 1.83 bits per heavy atom. The fraction of sp³-hybridized carbons (Fsp3) is 0.278. The molecule has 1 amide bonds. The summed E-state index contributed by atoms with van der Waals surface area (Å²) >= 11 is 3.06. The highest BCUT2D eigenvalue weighted by molar-refractivity contribution is 7.16. The van der Waals surface area contributed by atoms with Gasteiger partial charge in [0.05, 0.1) is 26.7 Å². The van der Waals surface area contributed by atoms with Crippen molar-refractivity contribution in [3.63, 3.8) is 0 Å². The summed E-state index contributed by atoms with van der Waals surface area (Å²) in [6, 6.07) is 9.78. The van der Waals surface area contributed by atoms with E-state index >= 15 is 0 Å². The topological polar surface area (TPSA) is 54.9 Å². The fourth-order valence-electron chi connectivity index (χ4n) is 2.44. The Balaban J connectivity index is 1.80. The van der Waals surface area contributed by atoms with E-state index in [2.05, 4.69) is 15.3 Å². The molecule has 0 fully saturated rings. The number of carbonyl (C=O) groups is 1. The van der Waals surface area contributed by atoms with Crippen LogP contribution in [-0.4, -0.2) is 15.9 Å². The normalized spacial score (nSPS) is 11.5. The summed E-state index contributed by atoms with van der Waals surface area (Å²) in [4.78, 5) is 22.8. The van der Waals surface area contributed by atoms with Gasteiger partial charge in [0.1, 0.15) is 0 Å². The van der Waals surface area contributed by atoms with Crippen LogP contribution in [0.1, 0.15) is 30.1 Å². The number of anilines is 1. The zero-order chi connectivity index (χ0) is 17.3. The number of nitrogens with one attached hydrogen (secondary N) is 1. The van der Waals surface area contributed by atoms with Crippen LogP contribution in [0.5, 0.6) is 0 Å². The molecule has 124 valence electrons. The smallest absolute Gasteiger partial charge is 0.236 e. The van der Waals surface area contributed by atoms with Gasteiger partial charge in [-0.25, -0.2) is 9.97 Å². The molecule has 0 saturated heterocycles. The van der Waals surface area contributed by atoms with E-state index in [0.717, 1.165) is 26.8 Å². The van der Waals surface area contributed by atoms with Crippen molar-refractivity contribution in [1.82, 2.24) is 9.97 Å². The first kappa shape index (κ1) is 16.8. The molecule has 1 N–H and O–H groups in total. The molecule has 24 heavy (non-hydrogen) atoms. The molecule has 6 heteroatoms. The minimum Gasteiger partial charge on any atom is -0.301 e. The van der Waals surface area contributed by atoms with Crippen LogP contribution in [0.2, 0.25) is 0 Å². The molecular weight excluding hydrogens is 338 g/mol. The number of thiazole rings is 2. The van der Waals surface area contributed by atoms with Crippen molar-refractivity contribution in [1.29, 1.82) is 0 Å². The average molecular weight is 358 g/mol. The highest BCUT2D eigenvalue weighted by atomic mass is 32.1. The predicted octanol–water partition coefficient (Wildman–Crippen LogP) is 4.80. The van der Waals surface area contributed by atoms with E-state index in [1.165, 1.54) is 11.3 Å². The zero-order valence-electron chi connectivity index (χ0n) is 14.1. The van der Waals surface area contributed by atoms with Crippen molar-refractivity contribution in [3.8, 4) is 10.6 Å². The maximum absolute atomic E-state index is 12.7. The molecule has 1 aromatic carbocycles. The third kappa shape index (κ3) is 3.25. The molecular formula is C18H19N3OS2. The van der Waals surface area contributed by atoms with Gasteiger partial charge in [0.15, 0.2) is 5.13 Å². The highest BCUT2D eigenvalue weighted by Crippen LogP contribution is 2.33. The Hall–Kier alpha value is -2.05. The summed E-state index contributed by atoms with van der Waals surface area (Å²) in [5.41, 5.74) is 2.21. The second kappa shape index (κ2) is 6.45. The fourth-order valence-corrected chi connectivity index (χ4v) is 4.10. The van der Waals surface area contributed by atoms with Crippen LogP contribution >= 0.6 is 22.7 Å². The SMILES string of the molecule is Cc1nc(C)c(-c2csc(NC(=O)C(C)(C)c3ccccc3)n2)s1. The minimum absolute atomic E-state index is 0.0631. The number of nitrogens with zero attached hydrogens (tertiary/aromatic N) is 2. The number of rotatable bonds is 4. The maximum Gasteiger partial charge on any atom is 0.236 e. The van der Waals surface area contributed by atoms with Gasteiger partial charge in [-0.3, -0.25) is 4.79 Å². The quantitative estimate of drug-likeness (QED) is 0.730. The van der Waals surface area contributed by atoms with Gasteiger partial charge in [0.25, 0.3) is 0 Å². The van der Waals surface area contributed by atoms with E-state index < -0.39 is 5.41 Å². The van der Waals surface area contributed by atoms with E-state index in [1.807, 2.05) is 63.4 Å². The van der Waals surface area contributed by atoms with Crippen molar-refractivity contribution in [2.75, 3.05) is 5.32 Å². The number of hydrogen-bond donors (Lipinski definition) is 1. The molecule has 0 bridgehead atoms. The van der Waals surface area contributed by atoms with Gasteiger partial charge in [-0.15, -0.1) is 22.7 Å². The summed E-state index contributed by atoms with van der Waals surface area (Å²) in [6.45, 7) is 7.80. The summed E-state index contributed by atoms with van der Waals surface area (Å²) < 4.78 is 0. The van der Waals surface area contributed by atoms with Gasteiger partial charge < -0.3 is 5.32 Å². The second-order valence-electron chi connectivity index (χ2n) is 6.13. The number of benzene rings is 1. The molecule has 3 rings (SSSR count). The molecule has 0 unspecified atom stereocenters. The van der Waals surface area contributed by atoms with Crippen molar-refractivity contribution in [2.45, 2.75) is 33.1 Å². The number of aromatic nitrogens is 2. The monoisotopic (exact) mass is 357 g/mol. The summed E-state index contributed by atoms with van der Waals surface area (Å²) in [7, 11) is 0. The van der Waals surface area contributed by atoms with Crippen molar-refractivity contribution >= 4 is 33.7 Å². The molecule has 0 aliphatic heterocycles. The number of hydrogen-bond acceptors (Lipinski definition) is 5. The Kier molecular flexibility index (Phi) is 4.51. The lowest BCUT2D eigenvalue weighted by Gasteiger charge is -2.23. The van der Waals surface area contributed by atoms with Gasteiger partial charge in [0, 0.05) is 5.38 Å². The van der Waals surface area contributed by atoms with Gasteiger partial charge in [0.2, 0.25) is 5.91 Å². The standard InChI is InChI=1S/C18H19N3OS2/c1-11-15(24-12(2)19-11)14-10-23-17(20-14)21-16(22)18(3,4)13-8-6-5-7-9-13/h5-10H,1-4H3,(H,20,21,22). The van der Waals surface area contributed by atoms with Gasteiger partial charge in [-0.05, 0) is 33.3 Å². The van der Waals surface area contributed by atoms with Crippen molar-refractivity contribution < 1.29 is 4.79 Å². The number of aryl methyl sites for hydroxylation is 2. The summed E-state index contributed by atoms with van der Waals surface area (Å²) in [6.07, 6.45) is 0. The molecule has 4 nitrogen and oxygen atoms in total. The van der Waals surface area contributed by atoms with Crippen LogP contribution in [0, 0.1) is 13.8 Å². The molecule has 0 saturated carbocycles. The van der Waals surface area contributed by atoms with Gasteiger partial charge in [-0.2, -0.15) is 0 Å². The van der Waals surface area contributed by atoms with E-state index in [1.54, 1.807) is 11.3 Å². The molecule has 2 heterocycles. The average Bonchev–Trinajstić information content (AvgIpc) is 3.14. The summed E-state index contributed by atoms with van der Waals surface area (Å²) in [5.74, 6) is -0.0631. The lowest BCUT2D eigenvalue weighted by molar-refractivity contribution is -0.120. The van der Waals surface area contributed by atoms with E-state index in [-0.39, 0.29) is 5.91 Å². The van der Waals surface area contributed by atoms with Gasteiger partial charge in [-0.1, -0.05) is 30.3 Å². The highest BCUT2D eigenvalue weighted by Gasteiger charge is 2.30. The first-order valence-corrected chi connectivity index (χ1v) is 9.34. The van der Waals surface area contributed by atoms with Crippen LogP contribution in [0.4, 0.5) is 5.13 Å². The lowest BCUT2D eigenvalue weighted by atomic mass is 9.84. The minimum atomic E-state index is -0.621. The molecule has 0 aliphatic carbocycles. The Morgan fingerprint density at radius 1 is 1.12 bits per heavy atom. The number of carbonyl (C=O) groups excluding carboxylic acids is 1. The number of amides is 1. The second-order valence-corrected chi connectivity index (χ2v) is 8.19. The maximum atomic E-state index is 12.7. The van der Waals surface area contributed by atoms with E-state index in [9.17, 15) is 4.79 Å². The van der Waals surface area contributed by atoms with E-state index in [0.29, 0.717) is 5.13 Å². The van der Waals surface area contributed by atoms with Crippen LogP contribution in [0.15, 0.2) is 35.7 Å². The third-order valence-corrected chi connectivity index (χ3v) is 5.78. The molecule has 0 aliphatic rings. The molecule has 3 aromatic rings. The lowest BCUT2D eigenvalue weighted by Crippen LogP contribution is -2.34. The largest absolute Gasteiger partial charge is 0.301 e. The van der Waals surface area contributed by atoms with Crippen LogP contribution in [0.3, 0.4) is 0 Å². The Bertz CT molecular complexity index is 866. The molecule has 2 aromatic heterocycles. The van der Waals surface area contributed by atoms with Crippen molar-refractivity contribution in [3.05, 3.63) is 52.0 Å². The van der Waals surface area contributed by atoms with Crippen LogP contribution < -0.4 is 5.32 Å². The molecule has 0 radical (unpaired) electrons. The first-order valence-electron chi connectivity index (χ1n) is 7.65. The predicted molar refractivity (Wildman–Crippen MR) is 101 cm³/mol. The van der Waals surface area contributed by atoms with Crippen LogP contribution in [-0.2, 0) is 10.2 Å². The van der Waals surface area contributed by atoms with Crippen LogP contribution in [0.25, 0.3) is 10.6 Å². The Morgan fingerprint density at radius 3 is 2.46 bits per heavy atom. The third-order valence-electron chi connectivity index (χ3n) is 3.92. The first-order chi connectivity index (χ1) is 11.4. The van der Waals surface area contributed by atoms with Gasteiger partial charge >= 0.3 is 0 Å². The molecule has 0 atom stereocenters. The Labute approximate surface area is 149 Å². The summed E-state index contributed by atoms with van der Waals surface area (Å²) in [5, 5.41) is 6.55.